The smallest absolute Gasteiger partial charge is 0.193 e. The summed E-state index contributed by atoms with van der Waals surface area (Å²) in [4.78, 5) is 6.56. The lowest BCUT2D eigenvalue weighted by Crippen LogP contribution is -2.39. The van der Waals surface area contributed by atoms with E-state index in [9.17, 15) is 0 Å². The number of guanidine groups is 1. The summed E-state index contributed by atoms with van der Waals surface area (Å²) in [7, 11) is 5.90. The van der Waals surface area contributed by atoms with Gasteiger partial charge in [0.1, 0.15) is 0 Å². The van der Waals surface area contributed by atoms with Gasteiger partial charge in [0.2, 0.25) is 0 Å². The van der Waals surface area contributed by atoms with E-state index in [1.807, 2.05) is 31.1 Å². The average Bonchev–Trinajstić information content (AvgIpc) is 2.92. The van der Waals surface area contributed by atoms with Gasteiger partial charge in [-0.3, -0.25) is 9.67 Å². The molecule has 0 amide bonds. The molecule has 0 fully saturated rings. The lowest BCUT2D eigenvalue weighted by Gasteiger charge is -2.22. The highest BCUT2D eigenvalue weighted by Gasteiger charge is 2.04. The SMILES string of the molecule is C=CCCCCCN(C)C(=NC)NCCCc1cnn(C)c1. The molecule has 0 radical (unpaired) electrons. The fourth-order valence-corrected chi connectivity index (χ4v) is 2.40. The van der Waals surface area contributed by atoms with Crippen molar-refractivity contribution in [3.05, 3.63) is 30.6 Å². The predicted molar refractivity (Wildman–Crippen MR) is 94.2 cm³/mol. The van der Waals surface area contributed by atoms with Crippen LogP contribution < -0.4 is 5.32 Å². The Kier molecular flexibility index (Phi) is 9.03. The standard InChI is InChI=1S/C17H31N5/c1-5-6-7-8-9-13-21(3)17(18-2)19-12-10-11-16-14-20-22(4)15-16/h5,14-15H,1,6-13H2,2-4H3,(H,18,19). The molecule has 0 aliphatic carbocycles. The van der Waals surface area contributed by atoms with Crippen LogP contribution in [-0.2, 0) is 13.5 Å². The third-order valence-corrected chi connectivity index (χ3v) is 3.66. The minimum atomic E-state index is 0.933. The molecule has 0 saturated heterocycles. The molecule has 1 rings (SSSR count). The number of nitrogens with zero attached hydrogens (tertiary/aromatic N) is 4. The normalized spacial score (nSPS) is 11.5. The van der Waals surface area contributed by atoms with Crippen LogP contribution in [0.1, 0.15) is 37.7 Å². The van der Waals surface area contributed by atoms with Gasteiger partial charge in [-0.05, 0) is 37.7 Å². The summed E-state index contributed by atoms with van der Waals surface area (Å²) in [6.07, 6.45) is 12.9. The largest absolute Gasteiger partial charge is 0.356 e. The molecule has 124 valence electrons. The maximum atomic E-state index is 4.35. The minimum Gasteiger partial charge on any atom is -0.356 e. The molecule has 5 heteroatoms. The number of aromatic nitrogens is 2. The first-order valence-corrected chi connectivity index (χ1v) is 8.17. The molecule has 22 heavy (non-hydrogen) atoms. The van der Waals surface area contributed by atoms with Crippen molar-refractivity contribution >= 4 is 5.96 Å². The van der Waals surface area contributed by atoms with Crippen molar-refractivity contribution in [3.8, 4) is 0 Å². The molecule has 5 nitrogen and oxygen atoms in total. The van der Waals surface area contributed by atoms with Crippen LogP contribution >= 0.6 is 0 Å². The first-order chi connectivity index (χ1) is 10.7. The average molecular weight is 305 g/mol. The van der Waals surface area contributed by atoms with Crippen molar-refractivity contribution < 1.29 is 0 Å². The third kappa shape index (κ3) is 7.29. The maximum Gasteiger partial charge on any atom is 0.193 e. The van der Waals surface area contributed by atoms with E-state index < -0.39 is 0 Å². The Labute approximate surface area is 135 Å². The fraction of sp³-hybridized carbons (Fsp3) is 0.647. The number of aryl methyl sites for hydroxylation is 2. The van der Waals surface area contributed by atoms with Crippen molar-refractivity contribution in [2.45, 2.75) is 38.5 Å². The van der Waals surface area contributed by atoms with Gasteiger partial charge in [0.25, 0.3) is 0 Å². The molecule has 0 unspecified atom stereocenters. The molecule has 0 aliphatic heterocycles. The van der Waals surface area contributed by atoms with Gasteiger partial charge in [-0.2, -0.15) is 5.10 Å². The number of hydrogen-bond acceptors (Lipinski definition) is 2. The van der Waals surface area contributed by atoms with Crippen LogP contribution in [0.2, 0.25) is 0 Å². The van der Waals surface area contributed by atoms with Crippen LogP contribution in [0, 0.1) is 0 Å². The van der Waals surface area contributed by atoms with Gasteiger partial charge in [-0.15, -0.1) is 6.58 Å². The van der Waals surface area contributed by atoms with Crippen molar-refractivity contribution in [2.24, 2.45) is 12.0 Å². The van der Waals surface area contributed by atoms with E-state index in [-0.39, 0.29) is 0 Å². The molecular weight excluding hydrogens is 274 g/mol. The van der Waals surface area contributed by atoms with Crippen molar-refractivity contribution in [2.75, 3.05) is 27.2 Å². The second-order valence-corrected chi connectivity index (χ2v) is 5.66. The molecule has 1 aromatic rings. The molecule has 0 bridgehead atoms. The number of hydrogen-bond donors (Lipinski definition) is 1. The number of allylic oxidation sites excluding steroid dienone is 1. The van der Waals surface area contributed by atoms with Gasteiger partial charge in [0.05, 0.1) is 6.20 Å². The van der Waals surface area contributed by atoms with Crippen LogP contribution in [0.25, 0.3) is 0 Å². The van der Waals surface area contributed by atoms with E-state index >= 15 is 0 Å². The number of rotatable bonds is 10. The van der Waals surface area contributed by atoms with Gasteiger partial charge in [0.15, 0.2) is 5.96 Å². The predicted octanol–water partition coefficient (Wildman–Crippen LogP) is 2.61. The molecule has 1 heterocycles. The van der Waals surface area contributed by atoms with Gasteiger partial charge < -0.3 is 10.2 Å². The van der Waals surface area contributed by atoms with Gasteiger partial charge >= 0.3 is 0 Å². The van der Waals surface area contributed by atoms with E-state index in [1.165, 1.54) is 24.8 Å². The zero-order valence-corrected chi connectivity index (χ0v) is 14.4. The maximum absolute atomic E-state index is 4.35. The van der Waals surface area contributed by atoms with Crippen molar-refractivity contribution in [3.63, 3.8) is 0 Å². The summed E-state index contributed by atoms with van der Waals surface area (Å²) in [5, 5.41) is 7.62. The van der Waals surface area contributed by atoms with Crippen molar-refractivity contribution in [1.29, 1.82) is 0 Å². The summed E-state index contributed by atoms with van der Waals surface area (Å²) in [6, 6.07) is 0. The van der Waals surface area contributed by atoms with Crippen LogP contribution in [-0.4, -0.2) is 47.8 Å². The second-order valence-electron chi connectivity index (χ2n) is 5.66. The molecule has 0 aromatic carbocycles. The molecule has 0 aliphatic rings. The van der Waals surface area contributed by atoms with E-state index in [0.717, 1.165) is 38.3 Å². The zero-order chi connectivity index (χ0) is 16.2. The Morgan fingerprint density at radius 1 is 1.41 bits per heavy atom. The topological polar surface area (TPSA) is 45.4 Å². The molecule has 0 atom stereocenters. The lowest BCUT2D eigenvalue weighted by atomic mass is 10.2. The number of unbranched alkanes of at least 4 members (excludes halogenated alkanes) is 3. The highest BCUT2D eigenvalue weighted by Crippen LogP contribution is 2.02. The second kappa shape index (κ2) is 10.9. The first-order valence-electron chi connectivity index (χ1n) is 8.17. The van der Waals surface area contributed by atoms with E-state index in [0.29, 0.717) is 0 Å². The summed E-state index contributed by atoms with van der Waals surface area (Å²) < 4.78 is 1.85. The Hall–Kier alpha value is -1.78. The molecule has 0 spiro atoms. The summed E-state index contributed by atoms with van der Waals surface area (Å²) in [6.45, 7) is 5.73. The van der Waals surface area contributed by atoms with Crippen LogP contribution in [0.3, 0.4) is 0 Å². The third-order valence-electron chi connectivity index (χ3n) is 3.66. The minimum absolute atomic E-state index is 0.933. The molecular formula is C17H31N5. The Morgan fingerprint density at radius 2 is 2.23 bits per heavy atom. The fourth-order valence-electron chi connectivity index (χ4n) is 2.40. The molecule has 1 aromatic heterocycles. The quantitative estimate of drug-likeness (QED) is 0.313. The number of nitrogens with one attached hydrogen (secondary N) is 1. The highest BCUT2D eigenvalue weighted by molar-refractivity contribution is 5.79. The number of aliphatic imine (C=N–C) groups is 1. The lowest BCUT2D eigenvalue weighted by molar-refractivity contribution is 0.454. The summed E-state index contributed by atoms with van der Waals surface area (Å²) in [5.74, 6) is 0.981. The Balaban J connectivity index is 2.16. The Morgan fingerprint density at radius 3 is 2.86 bits per heavy atom. The zero-order valence-electron chi connectivity index (χ0n) is 14.4. The van der Waals surface area contributed by atoms with Crippen LogP contribution in [0.15, 0.2) is 30.0 Å². The summed E-state index contributed by atoms with van der Waals surface area (Å²) in [5.41, 5.74) is 1.29. The first kappa shape index (κ1) is 18.3. The monoisotopic (exact) mass is 305 g/mol. The van der Waals surface area contributed by atoms with E-state index in [1.54, 1.807) is 0 Å². The van der Waals surface area contributed by atoms with E-state index in [4.69, 9.17) is 0 Å². The van der Waals surface area contributed by atoms with E-state index in [2.05, 4.69) is 40.1 Å². The Bertz CT molecular complexity index is 450. The van der Waals surface area contributed by atoms with Crippen LogP contribution in [0.4, 0.5) is 0 Å². The van der Waals surface area contributed by atoms with Gasteiger partial charge in [-0.1, -0.05) is 12.5 Å². The van der Waals surface area contributed by atoms with Crippen LogP contribution in [0.5, 0.6) is 0 Å². The van der Waals surface area contributed by atoms with Gasteiger partial charge in [-0.25, -0.2) is 0 Å². The highest BCUT2D eigenvalue weighted by atomic mass is 15.3. The molecule has 1 N–H and O–H groups in total. The summed E-state index contributed by atoms with van der Waals surface area (Å²) >= 11 is 0. The molecule has 0 saturated carbocycles. The van der Waals surface area contributed by atoms with Crippen molar-refractivity contribution in [1.82, 2.24) is 20.0 Å². The van der Waals surface area contributed by atoms with Gasteiger partial charge in [0, 0.05) is 40.4 Å².